The molecule has 1 aromatic carbocycles. The van der Waals surface area contributed by atoms with Crippen molar-refractivity contribution in [2.24, 2.45) is 5.73 Å². The Morgan fingerprint density at radius 2 is 2.06 bits per heavy atom. The minimum absolute atomic E-state index is 0.176. The Balaban J connectivity index is 2.21. The van der Waals surface area contributed by atoms with Gasteiger partial charge in [0.2, 0.25) is 0 Å². The number of halogens is 1. The number of benzene rings is 1. The summed E-state index contributed by atoms with van der Waals surface area (Å²) in [5, 5.41) is 0. The van der Waals surface area contributed by atoms with E-state index in [0.717, 1.165) is 36.9 Å². The highest BCUT2D eigenvalue weighted by molar-refractivity contribution is 9.10. The molecule has 0 radical (unpaired) electrons. The van der Waals surface area contributed by atoms with Crippen LogP contribution in [0.3, 0.4) is 0 Å². The number of nitrogens with two attached hydrogens (primary N) is 1. The van der Waals surface area contributed by atoms with Crippen LogP contribution < -0.4 is 5.73 Å². The van der Waals surface area contributed by atoms with E-state index in [1.165, 1.54) is 12.0 Å². The fourth-order valence-corrected chi connectivity index (χ4v) is 2.08. The van der Waals surface area contributed by atoms with Gasteiger partial charge >= 0.3 is 0 Å². The van der Waals surface area contributed by atoms with Gasteiger partial charge in [-0.25, -0.2) is 0 Å². The highest BCUT2D eigenvalue weighted by atomic mass is 79.9. The van der Waals surface area contributed by atoms with Crippen LogP contribution in [0.25, 0.3) is 0 Å². The van der Waals surface area contributed by atoms with E-state index in [0.29, 0.717) is 0 Å². The Hall–Kier alpha value is -0.380. The highest BCUT2D eigenvalue weighted by Gasteiger charge is 2.06. The minimum atomic E-state index is 0.176. The second-order valence-corrected chi connectivity index (χ2v) is 5.16. The number of hydrogen-bond donors (Lipinski definition) is 1. The molecule has 0 aliphatic carbocycles. The van der Waals surface area contributed by atoms with Crippen LogP contribution in [0.1, 0.15) is 31.7 Å². The third-order valence-corrected chi connectivity index (χ3v) is 3.49. The van der Waals surface area contributed by atoms with Gasteiger partial charge in [0.1, 0.15) is 0 Å². The minimum Gasteiger partial charge on any atom is -0.381 e. The normalized spacial score (nSPS) is 12.6. The first-order chi connectivity index (χ1) is 8.24. The largest absolute Gasteiger partial charge is 0.381 e. The molecule has 17 heavy (non-hydrogen) atoms. The van der Waals surface area contributed by atoms with Crippen LogP contribution >= 0.6 is 15.9 Å². The SMILES string of the molecule is CCCCOCCC(N)Cc1ccccc1Br. The topological polar surface area (TPSA) is 35.2 Å². The molecule has 0 aliphatic heterocycles. The van der Waals surface area contributed by atoms with E-state index in [1.54, 1.807) is 0 Å². The Bertz CT molecular complexity index is 317. The Labute approximate surface area is 113 Å². The average molecular weight is 300 g/mol. The summed E-state index contributed by atoms with van der Waals surface area (Å²) in [6.07, 6.45) is 4.14. The lowest BCUT2D eigenvalue weighted by Gasteiger charge is -2.13. The van der Waals surface area contributed by atoms with Crippen molar-refractivity contribution in [3.8, 4) is 0 Å². The highest BCUT2D eigenvalue weighted by Crippen LogP contribution is 2.17. The first-order valence-electron chi connectivity index (χ1n) is 6.30. The molecule has 0 saturated heterocycles. The van der Waals surface area contributed by atoms with E-state index in [9.17, 15) is 0 Å². The molecule has 0 aliphatic rings. The molecule has 1 unspecified atom stereocenters. The van der Waals surface area contributed by atoms with Crippen LogP contribution in [0.5, 0.6) is 0 Å². The van der Waals surface area contributed by atoms with Gasteiger partial charge < -0.3 is 10.5 Å². The molecule has 0 spiro atoms. The van der Waals surface area contributed by atoms with E-state index < -0.39 is 0 Å². The number of hydrogen-bond acceptors (Lipinski definition) is 2. The fourth-order valence-electron chi connectivity index (χ4n) is 1.63. The zero-order valence-electron chi connectivity index (χ0n) is 10.5. The van der Waals surface area contributed by atoms with Crippen molar-refractivity contribution in [2.75, 3.05) is 13.2 Å². The van der Waals surface area contributed by atoms with Crippen molar-refractivity contribution in [1.82, 2.24) is 0 Å². The van der Waals surface area contributed by atoms with Gasteiger partial charge in [-0.3, -0.25) is 0 Å². The predicted molar refractivity (Wildman–Crippen MR) is 76.2 cm³/mol. The Morgan fingerprint density at radius 3 is 2.76 bits per heavy atom. The van der Waals surface area contributed by atoms with Crippen molar-refractivity contribution >= 4 is 15.9 Å². The Kier molecular flexibility index (Phi) is 7.49. The summed E-state index contributed by atoms with van der Waals surface area (Å²) in [5.41, 5.74) is 7.36. The van der Waals surface area contributed by atoms with Gasteiger partial charge in [0, 0.05) is 23.7 Å². The average Bonchev–Trinajstić information content (AvgIpc) is 2.32. The van der Waals surface area contributed by atoms with Gasteiger partial charge in [0.15, 0.2) is 0 Å². The lowest BCUT2D eigenvalue weighted by Crippen LogP contribution is -2.24. The summed E-state index contributed by atoms with van der Waals surface area (Å²) in [6.45, 7) is 3.80. The number of unbranched alkanes of at least 4 members (excludes halogenated alkanes) is 1. The molecule has 0 amide bonds. The summed E-state index contributed by atoms with van der Waals surface area (Å²) in [6, 6.07) is 8.41. The van der Waals surface area contributed by atoms with Gasteiger partial charge in [-0.2, -0.15) is 0 Å². The van der Waals surface area contributed by atoms with Gasteiger partial charge in [-0.05, 0) is 30.9 Å². The Morgan fingerprint density at radius 1 is 1.29 bits per heavy atom. The van der Waals surface area contributed by atoms with Gasteiger partial charge in [0.25, 0.3) is 0 Å². The van der Waals surface area contributed by atoms with Crippen LogP contribution in [-0.2, 0) is 11.2 Å². The van der Waals surface area contributed by atoms with E-state index in [2.05, 4.69) is 35.0 Å². The molecule has 96 valence electrons. The lowest BCUT2D eigenvalue weighted by atomic mass is 10.0. The molecule has 0 fully saturated rings. The molecule has 3 heteroatoms. The lowest BCUT2D eigenvalue weighted by molar-refractivity contribution is 0.124. The molecule has 0 saturated carbocycles. The zero-order valence-corrected chi connectivity index (χ0v) is 12.1. The molecular weight excluding hydrogens is 278 g/mol. The maximum atomic E-state index is 6.09. The smallest absolute Gasteiger partial charge is 0.0480 e. The van der Waals surface area contributed by atoms with E-state index in [-0.39, 0.29) is 6.04 Å². The summed E-state index contributed by atoms with van der Waals surface area (Å²) in [5.74, 6) is 0. The summed E-state index contributed by atoms with van der Waals surface area (Å²) < 4.78 is 6.66. The molecule has 0 aromatic heterocycles. The van der Waals surface area contributed by atoms with Crippen molar-refractivity contribution in [3.05, 3.63) is 34.3 Å². The summed E-state index contributed by atoms with van der Waals surface area (Å²) in [4.78, 5) is 0. The third-order valence-electron chi connectivity index (χ3n) is 2.72. The van der Waals surface area contributed by atoms with Crippen molar-refractivity contribution in [2.45, 2.75) is 38.6 Å². The predicted octanol–water partition coefficient (Wildman–Crippen LogP) is 3.53. The molecule has 0 bridgehead atoms. The van der Waals surface area contributed by atoms with Crippen LogP contribution in [0.4, 0.5) is 0 Å². The molecule has 2 N–H and O–H groups in total. The maximum Gasteiger partial charge on any atom is 0.0480 e. The first kappa shape index (κ1) is 14.7. The molecule has 2 nitrogen and oxygen atoms in total. The van der Waals surface area contributed by atoms with Crippen LogP contribution in [0.15, 0.2) is 28.7 Å². The summed E-state index contributed by atoms with van der Waals surface area (Å²) in [7, 11) is 0. The summed E-state index contributed by atoms with van der Waals surface area (Å²) >= 11 is 3.54. The van der Waals surface area contributed by atoms with Gasteiger partial charge in [-0.1, -0.05) is 47.5 Å². The van der Waals surface area contributed by atoms with Crippen molar-refractivity contribution < 1.29 is 4.74 Å². The first-order valence-corrected chi connectivity index (χ1v) is 7.10. The maximum absolute atomic E-state index is 6.09. The standard InChI is InChI=1S/C14H22BrNO/c1-2-3-9-17-10-8-13(16)11-12-6-4-5-7-14(12)15/h4-7,13H,2-3,8-11,16H2,1H3. The van der Waals surface area contributed by atoms with Crippen molar-refractivity contribution in [1.29, 1.82) is 0 Å². The zero-order chi connectivity index (χ0) is 12.5. The van der Waals surface area contributed by atoms with Crippen LogP contribution in [-0.4, -0.2) is 19.3 Å². The third kappa shape index (κ3) is 6.20. The van der Waals surface area contributed by atoms with E-state index >= 15 is 0 Å². The molecular formula is C14H22BrNO. The molecule has 1 atom stereocenters. The molecule has 1 aromatic rings. The van der Waals surface area contributed by atoms with Gasteiger partial charge in [0.05, 0.1) is 0 Å². The number of rotatable bonds is 8. The van der Waals surface area contributed by atoms with Crippen LogP contribution in [0, 0.1) is 0 Å². The molecule has 1 rings (SSSR count). The molecule has 0 heterocycles. The second-order valence-electron chi connectivity index (χ2n) is 4.31. The van der Waals surface area contributed by atoms with Crippen LogP contribution in [0.2, 0.25) is 0 Å². The number of ether oxygens (including phenoxy) is 1. The van der Waals surface area contributed by atoms with E-state index in [4.69, 9.17) is 10.5 Å². The van der Waals surface area contributed by atoms with E-state index in [1.807, 2.05) is 12.1 Å². The monoisotopic (exact) mass is 299 g/mol. The van der Waals surface area contributed by atoms with Crippen molar-refractivity contribution in [3.63, 3.8) is 0 Å². The quantitative estimate of drug-likeness (QED) is 0.745. The second kappa shape index (κ2) is 8.67. The fraction of sp³-hybridized carbons (Fsp3) is 0.571. The van der Waals surface area contributed by atoms with Gasteiger partial charge in [-0.15, -0.1) is 0 Å².